The van der Waals surface area contributed by atoms with Crippen LogP contribution in [0.1, 0.15) is 41.7 Å². The van der Waals surface area contributed by atoms with E-state index in [-0.39, 0.29) is 22.9 Å². The quantitative estimate of drug-likeness (QED) is 0.895. The second-order valence-electron chi connectivity index (χ2n) is 6.99. The lowest BCUT2D eigenvalue weighted by Crippen LogP contribution is -2.47. The molecule has 6 heteroatoms. The zero-order valence-corrected chi connectivity index (χ0v) is 14.6. The minimum absolute atomic E-state index is 0.143. The molecule has 1 atom stereocenters. The van der Waals surface area contributed by atoms with Gasteiger partial charge >= 0.3 is 0 Å². The van der Waals surface area contributed by atoms with Gasteiger partial charge in [-0.15, -0.1) is 0 Å². The molecule has 0 spiro atoms. The lowest BCUT2D eigenvalue weighted by molar-refractivity contribution is 0.0612. The number of rotatable bonds is 4. The standard InChI is InChI=1S/C18H27N3O3/c1-13-10-17(22)16(12-20(13)2)18(23)19-14-5-7-21(8-6-14)11-15-4-3-9-24-15/h10,12,14-15H,3-9,11H2,1-2H3,(H,19,23)/t15-/m1/s1. The monoisotopic (exact) mass is 333 g/mol. The van der Waals surface area contributed by atoms with Crippen LogP contribution in [0.4, 0.5) is 0 Å². The molecule has 3 rings (SSSR count). The predicted octanol–water partition coefficient (Wildman–Crippen LogP) is 1.07. The van der Waals surface area contributed by atoms with E-state index in [1.54, 1.807) is 10.8 Å². The number of nitrogens with zero attached hydrogens (tertiary/aromatic N) is 2. The summed E-state index contributed by atoms with van der Waals surface area (Å²) in [5, 5.41) is 3.03. The number of ether oxygens (including phenoxy) is 1. The van der Waals surface area contributed by atoms with Crippen LogP contribution in [0.3, 0.4) is 0 Å². The highest BCUT2D eigenvalue weighted by Crippen LogP contribution is 2.17. The van der Waals surface area contributed by atoms with Crippen molar-refractivity contribution in [2.24, 2.45) is 7.05 Å². The fraction of sp³-hybridized carbons (Fsp3) is 0.667. The molecule has 132 valence electrons. The molecular weight excluding hydrogens is 306 g/mol. The molecule has 2 aliphatic heterocycles. The summed E-state index contributed by atoms with van der Waals surface area (Å²) < 4.78 is 7.50. The Bertz CT molecular complexity index is 641. The Hall–Kier alpha value is -1.66. The van der Waals surface area contributed by atoms with Crippen LogP contribution in [0, 0.1) is 6.92 Å². The van der Waals surface area contributed by atoms with Gasteiger partial charge in [-0.2, -0.15) is 0 Å². The van der Waals surface area contributed by atoms with Gasteiger partial charge in [0, 0.05) is 57.3 Å². The Morgan fingerprint density at radius 3 is 2.75 bits per heavy atom. The number of amides is 1. The topological polar surface area (TPSA) is 63.6 Å². The molecule has 2 aliphatic rings. The Labute approximate surface area is 142 Å². The second-order valence-corrected chi connectivity index (χ2v) is 6.99. The van der Waals surface area contributed by atoms with Crippen LogP contribution in [0.25, 0.3) is 0 Å². The Balaban J connectivity index is 1.51. The van der Waals surface area contributed by atoms with Crippen molar-refractivity contribution in [2.45, 2.75) is 44.8 Å². The van der Waals surface area contributed by atoms with Crippen LogP contribution >= 0.6 is 0 Å². The molecule has 0 radical (unpaired) electrons. The smallest absolute Gasteiger partial charge is 0.256 e. The Morgan fingerprint density at radius 2 is 2.08 bits per heavy atom. The van der Waals surface area contributed by atoms with Gasteiger partial charge < -0.3 is 19.5 Å². The number of piperidine rings is 1. The summed E-state index contributed by atoms with van der Waals surface area (Å²) in [7, 11) is 1.84. The van der Waals surface area contributed by atoms with E-state index >= 15 is 0 Å². The maximum atomic E-state index is 12.4. The molecule has 1 aromatic heterocycles. The normalized spacial score (nSPS) is 22.7. The van der Waals surface area contributed by atoms with Gasteiger partial charge in [-0.3, -0.25) is 9.59 Å². The van der Waals surface area contributed by atoms with Crippen LogP contribution in [0.2, 0.25) is 0 Å². The molecule has 6 nitrogen and oxygen atoms in total. The number of nitrogens with one attached hydrogen (secondary N) is 1. The molecule has 0 bridgehead atoms. The first-order valence-electron chi connectivity index (χ1n) is 8.85. The third kappa shape index (κ3) is 4.05. The fourth-order valence-corrected chi connectivity index (χ4v) is 3.50. The zero-order chi connectivity index (χ0) is 17.1. The highest BCUT2D eigenvalue weighted by Gasteiger charge is 2.25. The van der Waals surface area contributed by atoms with Gasteiger partial charge in [-0.05, 0) is 32.6 Å². The molecule has 1 aromatic rings. The third-order valence-corrected chi connectivity index (χ3v) is 5.14. The molecule has 0 unspecified atom stereocenters. The summed E-state index contributed by atoms with van der Waals surface area (Å²) in [5.41, 5.74) is 0.864. The van der Waals surface area contributed by atoms with Crippen molar-refractivity contribution in [1.29, 1.82) is 0 Å². The van der Waals surface area contributed by atoms with E-state index in [2.05, 4.69) is 10.2 Å². The average molecular weight is 333 g/mol. The predicted molar refractivity (Wildman–Crippen MR) is 92.3 cm³/mol. The van der Waals surface area contributed by atoms with Crippen LogP contribution in [0.15, 0.2) is 17.1 Å². The maximum Gasteiger partial charge on any atom is 0.256 e. The van der Waals surface area contributed by atoms with E-state index in [1.807, 2.05) is 14.0 Å². The second kappa shape index (κ2) is 7.49. The summed E-state index contributed by atoms with van der Waals surface area (Å²) in [5.74, 6) is -0.256. The van der Waals surface area contributed by atoms with E-state index in [9.17, 15) is 9.59 Å². The van der Waals surface area contributed by atoms with Gasteiger partial charge in [0.05, 0.1) is 6.10 Å². The number of aromatic nitrogens is 1. The average Bonchev–Trinajstić information content (AvgIpc) is 3.05. The Morgan fingerprint density at radius 1 is 1.33 bits per heavy atom. The van der Waals surface area contributed by atoms with Crippen molar-refractivity contribution >= 4 is 5.91 Å². The number of pyridine rings is 1. The van der Waals surface area contributed by atoms with Gasteiger partial charge in [0.1, 0.15) is 5.56 Å². The fourth-order valence-electron chi connectivity index (χ4n) is 3.50. The lowest BCUT2D eigenvalue weighted by Gasteiger charge is -2.33. The van der Waals surface area contributed by atoms with Gasteiger partial charge in [0.15, 0.2) is 5.43 Å². The van der Waals surface area contributed by atoms with Crippen LogP contribution < -0.4 is 10.7 Å². The van der Waals surface area contributed by atoms with E-state index < -0.39 is 0 Å². The molecule has 2 saturated heterocycles. The van der Waals surface area contributed by atoms with E-state index in [4.69, 9.17) is 4.74 Å². The maximum absolute atomic E-state index is 12.4. The lowest BCUT2D eigenvalue weighted by atomic mass is 10.0. The molecule has 0 aliphatic carbocycles. The summed E-state index contributed by atoms with van der Waals surface area (Å²) in [4.78, 5) is 26.8. The van der Waals surface area contributed by atoms with Gasteiger partial charge in [0.2, 0.25) is 0 Å². The number of carbonyl (C=O) groups is 1. The summed E-state index contributed by atoms with van der Waals surface area (Å²) >= 11 is 0. The van der Waals surface area contributed by atoms with E-state index in [0.717, 1.165) is 51.2 Å². The molecule has 2 fully saturated rings. The van der Waals surface area contributed by atoms with E-state index in [0.29, 0.717) is 6.10 Å². The van der Waals surface area contributed by atoms with Crippen LogP contribution in [-0.4, -0.2) is 53.8 Å². The molecule has 0 aromatic carbocycles. The van der Waals surface area contributed by atoms with Gasteiger partial charge in [0.25, 0.3) is 5.91 Å². The first-order chi connectivity index (χ1) is 11.5. The number of hydrogen-bond donors (Lipinski definition) is 1. The minimum atomic E-state index is -0.256. The van der Waals surface area contributed by atoms with Crippen molar-refractivity contribution in [1.82, 2.24) is 14.8 Å². The summed E-state index contributed by atoms with van der Waals surface area (Å²) in [6.45, 7) is 5.68. The third-order valence-electron chi connectivity index (χ3n) is 5.14. The number of likely N-dealkylation sites (tertiary alicyclic amines) is 1. The first kappa shape index (κ1) is 17.2. The van der Waals surface area contributed by atoms with Gasteiger partial charge in [-0.25, -0.2) is 0 Å². The number of aryl methyl sites for hydroxylation is 2. The van der Waals surface area contributed by atoms with Crippen molar-refractivity contribution in [3.63, 3.8) is 0 Å². The Kier molecular flexibility index (Phi) is 5.36. The van der Waals surface area contributed by atoms with Crippen molar-refractivity contribution < 1.29 is 9.53 Å². The number of carbonyl (C=O) groups excluding carboxylic acids is 1. The van der Waals surface area contributed by atoms with E-state index in [1.165, 1.54) is 12.5 Å². The highest BCUT2D eigenvalue weighted by molar-refractivity contribution is 5.94. The molecule has 0 saturated carbocycles. The molecule has 24 heavy (non-hydrogen) atoms. The van der Waals surface area contributed by atoms with Gasteiger partial charge in [-0.1, -0.05) is 0 Å². The van der Waals surface area contributed by atoms with Crippen molar-refractivity contribution in [3.05, 3.63) is 33.7 Å². The molecular formula is C18H27N3O3. The summed E-state index contributed by atoms with van der Waals surface area (Å²) in [6.07, 6.45) is 6.18. The highest BCUT2D eigenvalue weighted by atomic mass is 16.5. The van der Waals surface area contributed by atoms with Crippen LogP contribution in [0.5, 0.6) is 0 Å². The minimum Gasteiger partial charge on any atom is -0.377 e. The van der Waals surface area contributed by atoms with Crippen molar-refractivity contribution in [2.75, 3.05) is 26.2 Å². The zero-order valence-electron chi connectivity index (χ0n) is 14.6. The first-order valence-corrected chi connectivity index (χ1v) is 8.85. The molecule has 3 heterocycles. The molecule has 1 N–H and O–H groups in total. The molecule has 1 amide bonds. The van der Waals surface area contributed by atoms with Crippen molar-refractivity contribution in [3.8, 4) is 0 Å². The van der Waals surface area contributed by atoms with Crippen LogP contribution in [-0.2, 0) is 11.8 Å². The summed E-state index contributed by atoms with van der Waals surface area (Å²) in [6, 6.07) is 1.66. The SMILES string of the molecule is Cc1cc(=O)c(C(=O)NC2CCN(C[C@H]3CCCO3)CC2)cn1C. The largest absolute Gasteiger partial charge is 0.377 e. The number of hydrogen-bond acceptors (Lipinski definition) is 4.